The lowest BCUT2D eigenvalue weighted by Gasteiger charge is -2.34. The summed E-state index contributed by atoms with van der Waals surface area (Å²) in [5.74, 6) is 0.146. The molecule has 1 fully saturated rings. The predicted octanol–water partition coefficient (Wildman–Crippen LogP) is 2.51. The van der Waals surface area contributed by atoms with Crippen LogP contribution in [-0.2, 0) is 21.1 Å². The number of phenols is 1. The Kier molecular flexibility index (Phi) is 6.24. The van der Waals surface area contributed by atoms with Gasteiger partial charge in [0.15, 0.2) is 9.84 Å². The molecule has 2 aromatic rings. The SMILES string of the molecule is CCS(=O)(=O)c1ccc(N2CCC(NC(=O)Cc3ccccc3O)CC2)cc1. The van der Waals surface area contributed by atoms with Crippen LogP contribution in [0.5, 0.6) is 5.75 Å². The second-order valence-electron chi connectivity index (χ2n) is 7.03. The van der Waals surface area contributed by atoms with E-state index in [0.717, 1.165) is 31.6 Å². The number of sulfone groups is 1. The Morgan fingerprint density at radius 3 is 2.36 bits per heavy atom. The van der Waals surface area contributed by atoms with Gasteiger partial charge in [-0.1, -0.05) is 25.1 Å². The molecule has 1 aliphatic rings. The van der Waals surface area contributed by atoms with Crippen LogP contribution in [0.2, 0.25) is 0 Å². The third-order valence-corrected chi connectivity index (χ3v) is 6.89. The van der Waals surface area contributed by atoms with Gasteiger partial charge in [0.1, 0.15) is 5.75 Å². The molecule has 1 heterocycles. The molecule has 1 amide bonds. The summed E-state index contributed by atoms with van der Waals surface area (Å²) in [5.41, 5.74) is 1.62. The summed E-state index contributed by atoms with van der Waals surface area (Å²) in [4.78, 5) is 14.8. The van der Waals surface area contributed by atoms with Crippen LogP contribution in [0, 0.1) is 0 Å². The first-order valence-corrected chi connectivity index (χ1v) is 11.2. The molecule has 0 bridgehead atoms. The number of carbonyl (C=O) groups is 1. The van der Waals surface area contributed by atoms with Crippen molar-refractivity contribution in [1.29, 1.82) is 0 Å². The van der Waals surface area contributed by atoms with E-state index in [0.29, 0.717) is 10.5 Å². The van der Waals surface area contributed by atoms with E-state index >= 15 is 0 Å². The van der Waals surface area contributed by atoms with Crippen molar-refractivity contribution in [3.8, 4) is 5.75 Å². The summed E-state index contributed by atoms with van der Waals surface area (Å²) >= 11 is 0. The van der Waals surface area contributed by atoms with Gasteiger partial charge in [-0.2, -0.15) is 0 Å². The maximum absolute atomic E-state index is 12.3. The van der Waals surface area contributed by atoms with Crippen LogP contribution in [0.25, 0.3) is 0 Å². The number of anilines is 1. The largest absolute Gasteiger partial charge is 0.508 e. The summed E-state index contributed by atoms with van der Waals surface area (Å²) in [6.07, 6.45) is 1.81. The molecule has 2 N–H and O–H groups in total. The highest BCUT2D eigenvalue weighted by molar-refractivity contribution is 7.91. The van der Waals surface area contributed by atoms with Gasteiger partial charge in [-0.15, -0.1) is 0 Å². The maximum Gasteiger partial charge on any atom is 0.224 e. The lowest BCUT2D eigenvalue weighted by Crippen LogP contribution is -2.45. The standard InChI is InChI=1S/C21H26N2O4S/c1-2-28(26,27)19-9-7-18(8-10-19)23-13-11-17(12-14-23)22-21(25)15-16-5-3-4-6-20(16)24/h3-10,17,24H,2,11-15H2,1H3,(H,22,25). The molecular formula is C21H26N2O4S. The fourth-order valence-corrected chi connectivity index (χ4v) is 4.31. The van der Waals surface area contributed by atoms with Crippen LogP contribution >= 0.6 is 0 Å². The Morgan fingerprint density at radius 2 is 1.75 bits per heavy atom. The van der Waals surface area contributed by atoms with Crippen molar-refractivity contribution < 1.29 is 18.3 Å². The third kappa shape index (κ3) is 4.84. The maximum atomic E-state index is 12.3. The molecule has 0 saturated carbocycles. The Hall–Kier alpha value is -2.54. The Balaban J connectivity index is 1.52. The second kappa shape index (κ2) is 8.65. The van der Waals surface area contributed by atoms with E-state index < -0.39 is 9.84 Å². The number of rotatable bonds is 6. The van der Waals surface area contributed by atoms with Crippen molar-refractivity contribution in [2.75, 3.05) is 23.7 Å². The van der Waals surface area contributed by atoms with E-state index in [-0.39, 0.29) is 29.9 Å². The first-order chi connectivity index (χ1) is 13.4. The Bertz CT molecular complexity index is 918. The minimum atomic E-state index is -3.18. The number of nitrogens with one attached hydrogen (secondary N) is 1. The smallest absolute Gasteiger partial charge is 0.224 e. The molecule has 7 heteroatoms. The highest BCUT2D eigenvalue weighted by Crippen LogP contribution is 2.23. The first-order valence-electron chi connectivity index (χ1n) is 9.53. The normalized spacial score (nSPS) is 15.4. The van der Waals surface area contributed by atoms with Crippen LogP contribution in [0.1, 0.15) is 25.3 Å². The fraction of sp³-hybridized carbons (Fsp3) is 0.381. The van der Waals surface area contributed by atoms with Crippen LogP contribution in [0.15, 0.2) is 53.4 Å². The van der Waals surface area contributed by atoms with Gasteiger partial charge in [-0.3, -0.25) is 4.79 Å². The van der Waals surface area contributed by atoms with Crippen molar-refractivity contribution in [3.05, 3.63) is 54.1 Å². The van der Waals surface area contributed by atoms with E-state index in [4.69, 9.17) is 0 Å². The van der Waals surface area contributed by atoms with Gasteiger partial charge < -0.3 is 15.3 Å². The number of hydrogen-bond acceptors (Lipinski definition) is 5. The van der Waals surface area contributed by atoms with Gasteiger partial charge in [-0.05, 0) is 43.2 Å². The van der Waals surface area contributed by atoms with Gasteiger partial charge in [-0.25, -0.2) is 8.42 Å². The zero-order valence-electron chi connectivity index (χ0n) is 16.0. The highest BCUT2D eigenvalue weighted by atomic mass is 32.2. The second-order valence-corrected chi connectivity index (χ2v) is 9.31. The summed E-state index contributed by atoms with van der Waals surface area (Å²) in [6.45, 7) is 3.23. The molecular weight excluding hydrogens is 376 g/mol. The van der Waals surface area contributed by atoms with Gasteiger partial charge in [0.05, 0.1) is 17.1 Å². The molecule has 0 atom stereocenters. The number of amides is 1. The van der Waals surface area contributed by atoms with Crippen molar-refractivity contribution in [2.45, 2.75) is 37.1 Å². The Labute approximate surface area is 166 Å². The number of piperidine rings is 1. The predicted molar refractivity (Wildman–Crippen MR) is 109 cm³/mol. The lowest BCUT2D eigenvalue weighted by atomic mass is 10.0. The van der Waals surface area contributed by atoms with E-state index in [9.17, 15) is 18.3 Å². The van der Waals surface area contributed by atoms with Gasteiger partial charge in [0.2, 0.25) is 5.91 Å². The van der Waals surface area contributed by atoms with E-state index in [2.05, 4.69) is 10.2 Å². The molecule has 2 aromatic carbocycles. The van der Waals surface area contributed by atoms with Crippen molar-refractivity contribution in [1.82, 2.24) is 5.32 Å². The number of benzene rings is 2. The average Bonchev–Trinajstić information content (AvgIpc) is 2.70. The molecule has 1 saturated heterocycles. The lowest BCUT2D eigenvalue weighted by molar-refractivity contribution is -0.121. The van der Waals surface area contributed by atoms with Gasteiger partial charge in [0, 0.05) is 30.4 Å². The highest BCUT2D eigenvalue weighted by Gasteiger charge is 2.22. The van der Waals surface area contributed by atoms with Crippen LogP contribution in [0.3, 0.4) is 0 Å². The quantitative estimate of drug-likeness (QED) is 0.775. The van der Waals surface area contributed by atoms with Crippen molar-refractivity contribution >= 4 is 21.4 Å². The molecule has 3 rings (SSSR count). The van der Waals surface area contributed by atoms with Crippen LogP contribution in [-0.4, -0.2) is 44.3 Å². The van der Waals surface area contributed by atoms with E-state index in [1.165, 1.54) is 0 Å². The number of carbonyl (C=O) groups excluding carboxylic acids is 1. The zero-order valence-corrected chi connectivity index (χ0v) is 16.8. The zero-order chi connectivity index (χ0) is 20.1. The number of aromatic hydroxyl groups is 1. The summed E-state index contributed by atoms with van der Waals surface area (Å²) in [6, 6.07) is 14.0. The Morgan fingerprint density at radius 1 is 1.11 bits per heavy atom. The van der Waals surface area contributed by atoms with Crippen molar-refractivity contribution in [3.63, 3.8) is 0 Å². The molecule has 150 valence electrons. The number of para-hydroxylation sites is 1. The minimum absolute atomic E-state index is 0.0888. The molecule has 0 aromatic heterocycles. The van der Waals surface area contributed by atoms with Crippen molar-refractivity contribution in [2.24, 2.45) is 0 Å². The molecule has 28 heavy (non-hydrogen) atoms. The third-order valence-electron chi connectivity index (χ3n) is 5.14. The van der Waals surface area contributed by atoms with Crippen LogP contribution in [0.4, 0.5) is 5.69 Å². The monoisotopic (exact) mass is 402 g/mol. The molecule has 1 aliphatic heterocycles. The first kappa shape index (κ1) is 20.2. The number of hydrogen-bond donors (Lipinski definition) is 2. The van der Waals surface area contributed by atoms with E-state index in [1.54, 1.807) is 43.3 Å². The average molecular weight is 403 g/mol. The van der Waals surface area contributed by atoms with Crippen LogP contribution < -0.4 is 10.2 Å². The topological polar surface area (TPSA) is 86.7 Å². The van der Waals surface area contributed by atoms with Gasteiger partial charge >= 0.3 is 0 Å². The molecule has 0 aliphatic carbocycles. The molecule has 0 radical (unpaired) electrons. The van der Waals surface area contributed by atoms with Gasteiger partial charge in [0.25, 0.3) is 0 Å². The summed E-state index contributed by atoms with van der Waals surface area (Å²) in [5, 5.41) is 12.8. The molecule has 6 nitrogen and oxygen atoms in total. The summed E-state index contributed by atoms with van der Waals surface area (Å²) < 4.78 is 23.8. The number of phenolic OH excluding ortho intramolecular Hbond substituents is 1. The number of nitrogens with zero attached hydrogens (tertiary/aromatic N) is 1. The minimum Gasteiger partial charge on any atom is -0.508 e. The fourth-order valence-electron chi connectivity index (χ4n) is 3.42. The van der Waals surface area contributed by atoms with E-state index in [1.807, 2.05) is 12.1 Å². The molecule has 0 spiro atoms. The molecule has 0 unspecified atom stereocenters. The summed E-state index contributed by atoms with van der Waals surface area (Å²) in [7, 11) is -3.18.